The predicted octanol–water partition coefficient (Wildman–Crippen LogP) is 6.21. The fourth-order valence-corrected chi connectivity index (χ4v) is 4.60. The van der Waals surface area contributed by atoms with Crippen LogP contribution in [0.25, 0.3) is 0 Å². The number of ether oxygens (including phenoxy) is 1. The van der Waals surface area contributed by atoms with Gasteiger partial charge in [0.05, 0.1) is 34.3 Å². The van der Waals surface area contributed by atoms with Crippen molar-refractivity contribution in [2.45, 2.75) is 26.1 Å². The van der Waals surface area contributed by atoms with Crippen molar-refractivity contribution < 1.29 is 22.7 Å². The van der Waals surface area contributed by atoms with E-state index < -0.39 is 17.6 Å². The second-order valence-electron chi connectivity index (χ2n) is 9.23. The highest BCUT2D eigenvalue weighted by Crippen LogP contribution is 2.39. The number of hydrogen-bond acceptors (Lipinski definition) is 7. The highest BCUT2D eigenvalue weighted by Gasteiger charge is 2.34. The molecule has 39 heavy (non-hydrogen) atoms. The van der Waals surface area contributed by atoms with Gasteiger partial charge in [0, 0.05) is 80.1 Å². The minimum atomic E-state index is -4.66. The molecule has 0 saturated carbocycles. The predicted molar refractivity (Wildman–Crippen MR) is 156 cm³/mol. The lowest BCUT2D eigenvalue weighted by Crippen LogP contribution is -2.42. The largest absolute Gasteiger partial charge is 0.489 e. The molecule has 3 N–H and O–H groups in total. The SMILES string of the molecule is CNC(=O)c1ccccc1Nc1cc(Nc2ccc(N3CCN(I)CC3)cc2OC(C)C)ncc1C(F)(F)F. The number of halogens is 4. The Labute approximate surface area is 239 Å². The first-order chi connectivity index (χ1) is 18.5. The lowest BCUT2D eigenvalue weighted by molar-refractivity contribution is -0.137. The Kier molecular flexibility index (Phi) is 9.05. The lowest BCUT2D eigenvalue weighted by atomic mass is 10.1. The van der Waals surface area contributed by atoms with Gasteiger partial charge in [-0.2, -0.15) is 13.2 Å². The highest BCUT2D eigenvalue weighted by atomic mass is 127. The molecular formula is C27H30F3IN6O2. The van der Waals surface area contributed by atoms with E-state index in [1.807, 2.05) is 32.0 Å². The van der Waals surface area contributed by atoms with Gasteiger partial charge in [-0.05, 0) is 38.1 Å². The normalized spacial score (nSPS) is 14.3. The molecule has 12 heteroatoms. The number of nitrogens with zero attached hydrogens (tertiary/aromatic N) is 3. The van der Waals surface area contributed by atoms with E-state index in [0.29, 0.717) is 11.4 Å². The molecular weight excluding hydrogens is 624 g/mol. The van der Waals surface area contributed by atoms with E-state index >= 15 is 0 Å². The maximum absolute atomic E-state index is 13.9. The maximum Gasteiger partial charge on any atom is 0.419 e. The number of piperazine rings is 1. The number of anilines is 5. The molecule has 1 aromatic heterocycles. The Morgan fingerprint density at radius 3 is 2.38 bits per heavy atom. The molecule has 2 aromatic carbocycles. The van der Waals surface area contributed by atoms with Crippen LogP contribution in [0.1, 0.15) is 29.8 Å². The van der Waals surface area contributed by atoms with Crippen LogP contribution in [0.15, 0.2) is 54.7 Å². The second-order valence-corrected chi connectivity index (χ2v) is 10.6. The molecule has 208 valence electrons. The fraction of sp³-hybridized carbons (Fsp3) is 0.333. The fourth-order valence-electron chi connectivity index (χ4n) is 4.16. The number of para-hydroxylation sites is 1. The molecule has 8 nitrogen and oxygen atoms in total. The summed E-state index contributed by atoms with van der Waals surface area (Å²) in [7, 11) is 1.46. The Morgan fingerprint density at radius 1 is 1.00 bits per heavy atom. The van der Waals surface area contributed by atoms with Crippen LogP contribution >= 0.6 is 22.9 Å². The van der Waals surface area contributed by atoms with Crippen LogP contribution < -0.4 is 25.6 Å². The standard InChI is InChI=1S/C27H30F3IN6O2/c1-17(2)39-24-14-18(36-10-12-37(31)13-11-36)8-9-22(24)35-25-15-23(20(16-33-25)27(28,29)30)34-21-7-5-4-6-19(21)26(38)32-3/h4-9,14-17H,10-13H2,1-3H3,(H,32,38)(H2,33,34,35). The molecule has 2 heterocycles. The molecule has 4 rings (SSSR count). The van der Waals surface area contributed by atoms with Gasteiger partial charge in [-0.3, -0.25) is 4.79 Å². The minimum absolute atomic E-state index is 0.119. The van der Waals surface area contributed by atoms with Gasteiger partial charge >= 0.3 is 6.18 Å². The number of aromatic nitrogens is 1. The van der Waals surface area contributed by atoms with Crippen LogP contribution in [0.2, 0.25) is 0 Å². The number of carbonyl (C=O) groups is 1. The van der Waals surface area contributed by atoms with Crippen molar-refractivity contribution in [1.82, 2.24) is 13.4 Å². The zero-order chi connectivity index (χ0) is 28.2. The molecule has 0 radical (unpaired) electrons. The number of rotatable bonds is 8. The Morgan fingerprint density at radius 2 is 1.72 bits per heavy atom. The van der Waals surface area contributed by atoms with E-state index in [-0.39, 0.29) is 28.9 Å². The third-order valence-electron chi connectivity index (χ3n) is 6.06. The summed E-state index contributed by atoms with van der Waals surface area (Å²) in [5.41, 5.74) is 0.836. The third-order valence-corrected chi connectivity index (χ3v) is 7.02. The minimum Gasteiger partial charge on any atom is -0.489 e. The van der Waals surface area contributed by atoms with Crippen molar-refractivity contribution in [3.8, 4) is 5.75 Å². The van der Waals surface area contributed by atoms with Crippen molar-refractivity contribution in [3.05, 3.63) is 65.9 Å². The van der Waals surface area contributed by atoms with Crippen molar-refractivity contribution in [2.24, 2.45) is 0 Å². The number of benzene rings is 2. The topological polar surface area (TPSA) is 81.8 Å². The van der Waals surface area contributed by atoms with Crippen LogP contribution in [0.5, 0.6) is 5.75 Å². The number of hydrogen-bond donors (Lipinski definition) is 3. The summed E-state index contributed by atoms with van der Waals surface area (Å²) in [6, 6.07) is 13.4. The molecule has 1 saturated heterocycles. The van der Waals surface area contributed by atoms with Gasteiger partial charge in [0.1, 0.15) is 11.6 Å². The van der Waals surface area contributed by atoms with Crippen LogP contribution in [0.4, 0.5) is 41.7 Å². The number of carbonyl (C=O) groups excluding carboxylic acids is 1. The van der Waals surface area contributed by atoms with Crippen LogP contribution in [-0.4, -0.2) is 53.3 Å². The van der Waals surface area contributed by atoms with Gasteiger partial charge in [-0.1, -0.05) is 12.1 Å². The smallest absolute Gasteiger partial charge is 0.419 e. The molecule has 0 atom stereocenters. The molecule has 0 aliphatic carbocycles. The number of alkyl halides is 3. The van der Waals surface area contributed by atoms with Crippen LogP contribution in [0, 0.1) is 0 Å². The van der Waals surface area contributed by atoms with E-state index in [1.165, 1.54) is 19.2 Å². The Balaban J connectivity index is 1.67. The summed E-state index contributed by atoms with van der Waals surface area (Å²) >= 11 is 2.32. The van der Waals surface area contributed by atoms with Gasteiger partial charge in [-0.25, -0.2) is 8.10 Å². The van der Waals surface area contributed by atoms with E-state index in [9.17, 15) is 18.0 Å². The van der Waals surface area contributed by atoms with E-state index in [0.717, 1.165) is 38.1 Å². The van der Waals surface area contributed by atoms with Crippen molar-refractivity contribution in [2.75, 3.05) is 48.8 Å². The van der Waals surface area contributed by atoms with Gasteiger partial charge in [0.15, 0.2) is 0 Å². The van der Waals surface area contributed by atoms with Gasteiger partial charge in [0.2, 0.25) is 0 Å². The molecule has 1 fully saturated rings. The number of nitrogens with one attached hydrogen (secondary N) is 3. The summed E-state index contributed by atoms with van der Waals surface area (Å²) in [4.78, 5) is 18.6. The Bertz CT molecular complexity index is 1310. The molecule has 0 unspecified atom stereocenters. The van der Waals surface area contributed by atoms with E-state index in [2.05, 4.69) is 51.8 Å². The molecule has 1 amide bonds. The average Bonchev–Trinajstić information content (AvgIpc) is 2.89. The third kappa shape index (κ3) is 7.24. The van der Waals surface area contributed by atoms with Crippen molar-refractivity contribution >= 4 is 57.3 Å². The number of pyridine rings is 1. The Hall–Kier alpha value is -3.26. The first kappa shape index (κ1) is 28.7. The first-order valence-electron chi connectivity index (χ1n) is 12.4. The van der Waals surface area contributed by atoms with Crippen molar-refractivity contribution in [3.63, 3.8) is 0 Å². The molecule has 1 aliphatic rings. The summed E-state index contributed by atoms with van der Waals surface area (Å²) in [6.45, 7) is 7.46. The average molecular weight is 654 g/mol. The van der Waals surface area contributed by atoms with Gasteiger partial charge < -0.3 is 25.6 Å². The highest BCUT2D eigenvalue weighted by molar-refractivity contribution is 14.1. The second kappa shape index (κ2) is 12.3. The van der Waals surface area contributed by atoms with Gasteiger partial charge in [0.25, 0.3) is 5.91 Å². The summed E-state index contributed by atoms with van der Waals surface area (Å²) in [5.74, 6) is 0.331. The summed E-state index contributed by atoms with van der Waals surface area (Å²) < 4.78 is 49.9. The number of amides is 1. The van der Waals surface area contributed by atoms with E-state index in [1.54, 1.807) is 18.2 Å². The summed E-state index contributed by atoms with van der Waals surface area (Å²) in [5, 5.41) is 8.41. The van der Waals surface area contributed by atoms with Crippen molar-refractivity contribution in [1.29, 1.82) is 0 Å². The molecule has 0 bridgehead atoms. The quantitative estimate of drug-likeness (QED) is 0.197. The van der Waals surface area contributed by atoms with Gasteiger partial charge in [-0.15, -0.1) is 0 Å². The molecule has 3 aromatic rings. The lowest BCUT2D eigenvalue weighted by Gasteiger charge is -2.33. The van der Waals surface area contributed by atoms with Crippen LogP contribution in [-0.2, 0) is 6.18 Å². The van der Waals surface area contributed by atoms with E-state index in [4.69, 9.17) is 4.74 Å². The monoisotopic (exact) mass is 654 g/mol. The first-order valence-corrected chi connectivity index (χ1v) is 13.4. The maximum atomic E-state index is 13.9. The zero-order valence-electron chi connectivity index (χ0n) is 21.8. The molecule has 0 spiro atoms. The molecule has 1 aliphatic heterocycles. The zero-order valence-corrected chi connectivity index (χ0v) is 23.9. The van der Waals surface area contributed by atoms with Crippen LogP contribution in [0.3, 0.4) is 0 Å². The summed E-state index contributed by atoms with van der Waals surface area (Å²) in [6.07, 6.45) is -4.01.